The Kier molecular flexibility index (Phi) is 7.84. The summed E-state index contributed by atoms with van der Waals surface area (Å²) in [4.78, 5) is 28.1. The van der Waals surface area contributed by atoms with Crippen LogP contribution in [0, 0.1) is 0 Å². The molecule has 0 spiro atoms. The normalized spacial score (nSPS) is 12.5. The van der Waals surface area contributed by atoms with Gasteiger partial charge < -0.3 is 10.1 Å². The Hall–Kier alpha value is -1.91. The lowest BCUT2D eigenvalue weighted by atomic mass is 10.3. The fraction of sp³-hybridized carbons (Fsp3) is 0.235. The number of anilines is 1. The molecule has 8 nitrogen and oxygen atoms in total. The van der Waals surface area contributed by atoms with Gasteiger partial charge in [-0.15, -0.1) is 0 Å². The molecule has 1 amide bonds. The van der Waals surface area contributed by atoms with E-state index in [1.807, 2.05) is 0 Å². The SMILES string of the molecule is C[C@@H](OC(=O)CN(C)S(=O)(=O)c1ccc(Cl)cc1)C(=O)Nc1ncc(Cl)cc1Cl. The first-order valence-electron chi connectivity index (χ1n) is 8.04. The molecular weight excluding hydrogens is 465 g/mol. The van der Waals surface area contributed by atoms with E-state index >= 15 is 0 Å². The predicted octanol–water partition coefficient (Wildman–Crippen LogP) is 3.23. The lowest BCUT2D eigenvalue weighted by molar-refractivity contribution is -0.153. The number of esters is 1. The number of halogens is 3. The third kappa shape index (κ3) is 6.28. The number of amides is 1. The van der Waals surface area contributed by atoms with Crippen LogP contribution >= 0.6 is 34.8 Å². The van der Waals surface area contributed by atoms with Crippen LogP contribution in [-0.4, -0.2) is 49.3 Å². The van der Waals surface area contributed by atoms with E-state index in [0.717, 1.165) is 4.31 Å². The molecule has 0 unspecified atom stereocenters. The highest BCUT2D eigenvalue weighted by Crippen LogP contribution is 2.23. The van der Waals surface area contributed by atoms with Crippen LogP contribution in [0.2, 0.25) is 15.1 Å². The van der Waals surface area contributed by atoms with Gasteiger partial charge in [-0.25, -0.2) is 13.4 Å². The van der Waals surface area contributed by atoms with Crippen molar-refractivity contribution < 1.29 is 22.7 Å². The summed E-state index contributed by atoms with van der Waals surface area (Å²) in [5.41, 5.74) is 0. The van der Waals surface area contributed by atoms with Crippen LogP contribution in [0.25, 0.3) is 0 Å². The number of aromatic nitrogens is 1. The van der Waals surface area contributed by atoms with E-state index in [-0.39, 0.29) is 20.8 Å². The number of likely N-dealkylation sites (N-methyl/N-ethyl adjacent to an activating group) is 1. The molecule has 0 saturated heterocycles. The maximum Gasteiger partial charge on any atom is 0.322 e. The number of hydrogen-bond acceptors (Lipinski definition) is 6. The third-order valence-electron chi connectivity index (χ3n) is 3.60. The van der Waals surface area contributed by atoms with Crippen LogP contribution in [0.5, 0.6) is 0 Å². The molecule has 2 rings (SSSR count). The second-order valence-corrected chi connectivity index (χ2v) is 9.15. The van der Waals surface area contributed by atoms with E-state index in [1.54, 1.807) is 0 Å². The molecule has 0 aliphatic carbocycles. The Morgan fingerprint density at radius 1 is 1.17 bits per heavy atom. The minimum absolute atomic E-state index is 0.0357. The van der Waals surface area contributed by atoms with Gasteiger partial charge in [-0.1, -0.05) is 34.8 Å². The summed E-state index contributed by atoms with van der Waals surface area (Å²) < 4.78 is 30.7. The molecule has 0 aliphatic rings. The van der Waals surface area contributed by atoms with E-state index < -0.39 is 34.5 Å². The molecule has 1 heterocycles. The number of benzene rings is 1. The zero-order chi connectivity index (χ0) is 21.8. The molecule has 1 aromatic carbocycles. The molecule has 1 aromatic heterocycles. The van der Waals surface area contributed by atoms with Gasteiger partial charge >= 0.3 is 5.97 Å². The summed E-state index contributed by atoms with van der Waals surface area (Å²) in [6.45, 7) is 0.729. The van der Waals surface area contributed by atoms with E-state index in [2.05, 4.69) is 10.3 Å². The molecule has 0 radical (unpaired) electrons. The van der Waals surface area contributed by atoms with E-state index in [4.69, 9.17) is 39.5 Å². The first-order chi connectivity index (χ1) is 13.5. The summed E-state index contributed by atoms with van der Waals surface area (Å²) in [6, 6.07) is 6.86. The van der Waals surface area contributed by atoms with Crippen LogP contribution in [0.3, 0.4) is 0 Å². The van der Waals surface area contributed by atoms with Crippen molar-refractivity contribution in [3.8, 4) is 0 Å². The van der Waals surface area contributed by atoms with Gasteiger partial charge in [0, 0.05) is 18.3 Å². The van der Waals surface area contributed by atoms with Gasteiger partial charge in [0.15, 0.2) is 11.9 Å². The lowest BCUT2D eigenvalue weighted by Gasteiger charge is -2.18. The molecule has 0 aliphatic heterocycles. The van der Waals surface area contributed by atoms with E-state index in [9.17, 15) is 18.0 Å². The Labute approximate surface area is 182 Å². The number of ether oxygens (including phenoxy) is 1. The minimum atomic E-state index is -3.93. The summed E-state index contributed by atoms with van der Waals surface area (Å²) in [6.07, 6.45) is 0.0683. The van der Waals surface area contributed by atoms with Crippen LogP contribution in [0.1, 0.15) is 6.92 Å². The Morgan fingerprint density at radius 3 is 2.38 bits per heavy atom. The highest BCUT2D eigenvalue weighted by atomic mass is 35.5. The first kappa shape index (κ1) is 23.4. The topological polar surface area (TPSA) is 106 Å². The molecule has 1 N–H and O–H groups in total. The van der Waals surface area contributed by atoms with Gasteiger partial charge in [-0.05, 0) is 37.3 Å². The maximum atomic E-state index is 12.5. The van der Waals surface area contributed by atoms with Gasteiger partial charge in [0.1, 0.15) is 6.54 Å². The Bertz CT molecular complexity index is 1020. The van der Waals surface area contributed by atoms with Crippen molar-refractivity contribution in [3.05, 3.63) is 51.6 Å². The zero-order valence-corrected chi connectivity index (χ0v) is 18.3. The minimum Gasteiger partial charge on any atom is -0.452 e. The number of carbonyl (C=O) groups excluding carboxylic acids is 2. The molecule has 29 heavy (non-hydrogen) atoms. The van der Waals surface area contributed by atoms with Crippen LogP contribution < -0.4 is 5.32 Å². The quantitative estimate of drug-likeness (QED) is 0.610. The van der Waals surface area contributed by atoms with Crippen LogP contribution in [0.15, 0.2) is 41.4 Å². The van der Waals surface area contributed by atoms with Crippen LogP contribution in [0.4, 0.5) is 5.82 Å². The average Bonchev–Trinajstić information content (AvgIpc) is 2.64. The fourth-order valence-corrected chi connectivity index (χ4v) is 3.73. The third-order valence-corrected chi connectivity index (χ3v) is 6.16. The van der Waals surface area contributed by atoms with Gasteiger partial charge in [0.2, 0.25) is 10.0 Å². The summed E-state index contributed by atoms with van der Waals surface area (Å²) in [5.74, 6) is -1.56. The number of hydrogen-bond donors (Lipinski definition) is 1. The number of sulfonamides is 1. The van der Waals surface area contributed by atoms with Crippen LogP contribution in [-0.2, 0) is 24.3 Å². The fourth-order valence-electron chi connectivity index (χ4n) is 2.07. The summed E-state index contributed by atoms with van der Waals surface area (Å²) in [7, 11) is -2.72. The van der Waals surface area contributed by atoms with Crippen molar-refractivity contribution in [2.45, 2.75) is 17.9 Å². The largest absolute Gasteiger partial charge is 0.452 e. The summed E-state index contributed by atoms with van der Waals surface area (Å²) >= 11 is 17.4. The van der Waals surface area contributed by atoms with Crippen molar-refractivity contribution in [1.29, 1.82) is 0 Å². The molecule has 0 bridgehead atoms. The Balaban J connectivity index is 1.96. The van der Waals surface area contributed by atoms with Gasteiger partial charge in [0.25, 0.3) is 5.91 Å². The standard InChI is InChI=1S/C17H16Cl3N3O5S/c1-10(17(25)22-16-14(20)7-12(19)8-21-16)28-15(24)9-23(2)29(26,27)13-5-3-11(18)4-6-13/h3-8,10H,9H2,1-2H3,(H,21,22,25)/t10-/m1/s1. The van der Waals surface area contributed by atoms with E-state index in [0.29, 0.717) is 5.02 Å². The van der Waals surface area contributed by atoms with Crippen molar-refractivity contribution in [3.63, 3.8) is 0 Å². The number of rotatable bonds is 7. The molecule has 0 fully saturated rings. The smallest absolute Gasteiger partial charge is 0.322 e. The van der Waals surface area contributed by atoms with Crippen molar-refractivity contribution in [1.82, 2.24) is 9.29 Å². The average molecular weight is 481 g/mol. The van der Waals surface area contributed by atoms with Crippen molar-refractivity contribution in [2.24, 2.45) is 0 Å². The highest BCUT2D eigenvalue weighted by Gasteiger charge is 2.26. The molecule has 156 valence electrons. The zero-order valence-electron chi connectivity index (χ0n) is 15.2. The molecule has 12 heteroatoms. The molecular formula is C17H16Cl3N3O5S. The monoisotopic (exact) mass is 479 g/mol. The second kappa shape index (κ2) is 9.73. The number of nitrogens with one attached hydrogen (secondary N) is 1. The van der Waals surface area contributed by atoms with Gasteiger partial charge in [-0.3, -0.25) is 9.59 Å². The predicted molar refractivity (Wildman–Crippen MR) is 110 cm³/mol. The number of pyridine rings is 1. The number of nitrogens with zero attached hydrogens (tertiary/aromatic N) is 2. The molecule has 1 atom stereocenters. The number of carbonyl (C=O) groups is 2. The molecule has 0 saturated carbocycles. The van der Waals surface area contributed by atoms with Gasteiger partial charge in [-0.2, -0.15) is 4.31 Å². The van der Waals surface area contributed by atoms with Crippen molar-refractivity contribution in [2.75, 3.05) is 18.9 Å². The summed E-state index contributed by atoms with van der Waals surface area (Å²) in [5, 5.41) is 3.17. The Morgan fingerprint density at radius 2 is 1.79 bits per heavy atom. The molecule has 2 aromatic rings. The lowest BCUT2D eigenvalue weighted by Crippen LogP contribution is -2.37. The first-order valence-corrected chi connectivity index (χ1v) is 10.6. The van der Waals surface area contributed by atoms with Gasteiger partial charge in [0.05, 0.1) is 14.9 Å². The maximum absolute atomic E-state index is 12.5. The van der Waals surface area contributed by atoms with E-state index in [1.165, 1.54) is 50.5 Å². The highest BCUT2D eigenvalue weighted by molar-refractivity contribution is 7.89. The van der Waals surface area contributed by atoms with Crippen molar-refractivity contribution >= 4 is 62.5 Å². The second-order valence-electron chi connectivity index (χ2n) is 5.82.